The van der Waals surface area contributed by atoms with Crippen molar-refractivity contribution in [3.05, 3.63) is 59.9 Å². The van der Waals surface area contributed by atoms with Crippen molar-refractivity contribution in [2.45, 2.75) is 23.8 Å². The number of hydrogen-bond donors (Lipinski definition) is 2. The molecule has 0 saturated carbocycles. The van der Waals surface area contributed by atoms with Crippen LogP contribution >= 0.6 is 12.2 Å². The SMILES string of the molecule is CNC(=S)N(CCc1ccc(S(N)(=O)=O)cc1)[C@H]1CC(=O)N(c2ccccc2F)C1=O. The molecule has 1 atom stereocenters. The molecule has 0 aromatic heterocycles. The maximum atomic E-state index is 14.2. The number of hydrogen-bond acceptors (Lipinski definition) is 5. The van der Waals surface area contributed by atoms with Crippen LogP contribution in [-0.4, -0.2) is 49.9 Å². The van der Waals surface area contributed by atoms with Crippen LogP contribution in [0.5, 0.6) is 0 Å². The Morgan fingerprint density at radius 3 is 2.45 bits per heavy atom. The summed E-state index contributed by atoms with van der Waals surface area (Å²) in [6.07, 6.45) is 0.281. The summed E-state index contributed by atoms with van der Waals surface area (Å²) < 4.78 is 37.0. The Balaban J connectivity index is 1.80. The number of imide groups is 1. The van der Waals surface area contributed by atoms with Gasteiger partial charge in [0.25, 0.3) is 5.91 Å². The third-order valence-corrected chi connectivity index (χ3v) is 6.33. The summed E-state index contributed by atoms with van der Waals surface area (Å²) in [6, 6.07) is 10.7. The predicted octanol–water partition coefficient (Wildman–Crippen LogP) is 1.15. The van der Waals surface area contributed by atoms with Gasteiger partial charge >= 0.3 is 0 Å². The number of halogens is 1. The van der Waals surface area contributed by atoms with Crippen LogP contribution < -0.4 is 15.4 Å². The lowest BCUT2D eigenvalue weighted by molar-refractivity contribution is -0.122. The van der Waals surface area contributed by atoms with Gasteiger partial charge in [-0.1, -0.05) is 24.3 Å². The first-order valence-corrected chi connectivity index (χ1v) is 11.3. The first kappa shape index (κ1) is 22.8. The molecule has 1 saturated heterocycles. The molecule has 0 spiro atoms. The zero-order valence-corrected chi connectivity index (χ0v) is 18.2. The average molecular weight is 465 g/mol. The molecule has 3 rings (SSSR count). The first-order chi connectivity index (χ1) is 14.6. The molecule has 1 fully saturated rings. The van der Waals surface area contributed by atoms with Gasteiger partial charge in [-0.15, -0.1) is 0 Å². The zero-order valence-electron chi connectivity index (χ0n) is 16.6. The van der Waals surface area contributed by atoms with E-state index in [1.54, 1.807) is 30.1 Å². The maximum Gasteiger partial charge on any atom is 0.257 e. The van der Waals surface area contributed by atoms with E-state index in [1.807, 2.05) is 0 Å². The number of sulfonamides is 1. The smallest absolute Gasteiger partial charge is 0.257 e. The van der Waals surface area contributed by atoms with Crippen LogP contribution in [0.1, 0.15) is 12.0 Å². The number of benzene rings is 2. The molecule has 2 aromatic carbocycles. The Bertz CT molecular complexity index is 1120. The number of thiocarbonyl (C=S) groups is 1. The topological polar surface area (TPSA) is 113 Å². The molecule has 1 heterocycles. The van der Waals surface area contributed by atoms with Crippen LogP contribution in [0.3, 0.4) is 0 Å². The van der Waals surface area contributed by atoms with Gasteiger partial charge in [0.2, 0.25) is 15.9 Å². The lowest BCUT2D eigenvalue weighted by Crippen LogP contribution is -2.49. The van der Waals surface area contributed by atoms with Crippen molar-refractivity contribution in [1.29, 1.82) is 0 Å². The molecule has 0 bridgehead atoms. The Hall–Kier alpha value is -2.89. The highest BCUT2D eigenvalue weighted by Gasteiger charge is 2.44. The third-order valence-electron chi connectivity index (χ3n) is 4.96. The van der Waals surface area contributed by atoms with Crippen LogP contribution in [0.25, 0.3) is 0 Å². The average Bonchev–Trinajstić information content (AvgIpc) is 3.02. The molecule has 1 aliphatic rings. The number of anilines is 1. The van der Waals surface area contributed by atoms with E-state index >= 15 is 0 Å². The van der Waals surface area contributed by atoms with Gasteiger partial charge in [0, 0.05) is 13.6 Å². The molecular formula is C20H21FN4O4S2. The standard InChI is InChI=1S/C20H21FN4O4S2/c1-23-20(30)24(11-10-13-6-8-14(9-7-13)31(22,28)29)17-12-18(26)25(19(17)27)16-5-3-2-4-15(16)21/h2-9,17H,10-12H2,1H3,(H,23,30)(H2,22,28,29)/t17-/m0/s1. The predicted molar refractivity (Wildman–Crippen MR) is 117 cm³/mol. The van der Waals surface area contributed by atoms with E-state index in [0.717, 1.165) is 10.5 Å². The number of nitrogens with two attached hydrogens (primary N) is 1. The minimum atomic E-state index is -3.79. The molecular weight excluding hydrogens is 443 g/mol. The summed E-state index contributed by atoms with van der Waals surface area (Å²) in [5.41, 5.74) is 0.702. The van der Waals surface area contributed by atoms with Gasteiger partial charge in [0.15, 0.2) is 5.11 Å². The molecule has 31 heavy (non-hydrogen) atoms. The van der Waals surface area contributed by atoms with Crippen LogP contribution in [0.15, 0.2) is 53.4 Å². The Kier molecular flexibility index (Phi) is 6.68. The van der Waals surface area contributed by atoms with Crippen molar-refractivity contribution >= 4 is 44.9 Å². The molecule has 0 unspecified atom stereocenters. The molecule has 0 aliphatic carbocycles. The maximum absolute atomic E-state index is 14.2. The number of rotatable bonds is 6. The normalized spacial score (nSPS) is 16.5. The molecule has 2 aromatic rings. The fourth-order valence-corrected chi connectivity index (χ4v) is 4.12. The molecule has 0 radical (unpaired) electrons. The van der Waals surface area contributed by atoms with E-state index in [2.05, 4.69) is 5.32 Å². The summed E-state index contributed by atoms with van der Waals surface area (Å²) in [4.78, 5) is 28.0. The van der Waals surface area contributed by atoms with Crippen molar-refractivity contribution in [2.24, 2.45) is 5.14 Å². The second kappa shape index (κ2) is 9.08. The molecule has 8 nitrogen and oxygen atoms in total. The molecule has 1 aliphatic heterocycles. The highest BCUT2D eigenvalue weighted by molar-refractivity contribution is 7.89. The number of nitrogens with zero attached hydrogens (tertiary/aromatic N) is 2. The van der Waals surface area contributed by atoms with Crippen LogP contribution in [0.4, 0.5) is 10.1 Å². The van der Waals surface area contributed by atoms with Crippen LogP contribution in [-0.2, 0) is 26.0 Å². The number of primary sulfonamides is 1. The minimum absolute atomic E-state index is 0.00375. The highest BCUT2D eigenvalue weighted by atomic mass is 32.2. The number of carbonyl (C=O) groups is 2. The van der Waals surface area contributed by atoms with Gasteiger partial charge in [-0.05, 0) is 48.5 Å². The monoisotopic (exact) mass is 464 g/mol. The van der Waals surface area contributed by atoms with Crippen molar-refractivity contribution < 1.29 is 22.4 Å². The second-order valence-electron chi connectivity index (χ2n) is 6.93. The van der Waals surface area contributed by atoms with Gasteiger partial charge < -0.3 is 10.2 Å². The summed E-state index contributed by atoms with van der Waals surface area (Å²) >= 11 is 5.33. The van der Waals surface area contributed by atoms with Crippen LogP contribution in [0.2, 0.25) is 0 Å². The lowest BCUT2D eigenvalue weighted by Gasteiger charge is -2.29. The number of carbonyl (C=O) groups excluding carboxylic acids is 2. The Morgan fingerprint density at radius 2 is 1.87 bits per heavy atom. The summed E-state index contributed by atoms with van der Waals surface area (Å²) in [5.74, 6) is -1.73. The Morgan fingerprint density at radius 1 is 1.23 bits per heavy atom. The van der Waals surface area contributed by atoms with Gasteiger partial charge in [-0.3, -0.25) is 9.59 Å². The molecule has 164 valence electrons. The summed E-state index contributed by atoms with van der Waals surface area (Å²) in [7, 11) is -2.19. The van der Waals surface area contributed by atoms with E-state index in [1.165, 1.54) is 30.3 Å². The van der Waals surface area contributed by atoms with E-state index in [9.17, 15) is 22.4 Å². The van der Waals surface area contributed by atoms with Crippen molar-refractivity contribution in [2.75, 3.05) is 18.5 Å². The van der Waals surface area contributed by atoms with Crippen molar-refractivity contribution in [3.63, 3.8) is 0 Å². The minimum Gasteiger partial charge on any atom is -0.366 e. The van der Waals surface area contributed by atoms with Gasteiger partial charge in [-0.2, -0.15) is 0 Å². The van der Waals surface area contributed by atoms with E-state index in [-0.39, 0.29) is 28.7 Å². The van der Waals surface area contributed by atoms with E-state index in [4.69, 9.17) is 17.4 Å². The number of para-hydroxylation sites is 1. The van der Waals surface area contributed by atoms with E-state index in [0.29, 0.717) is 6.42 Å². The first-order valence-electron chi connectivity index (χ1n) is 9.35. The fraction of sp³-hybridized carbons (Fsp3) is 0.250. The lowest BCUT2D eigenvalue weighted by atomic mass is 10.1. The van der Waals surface area contributed by atoms with Crippen molar-refractivity contribution in [1.82, 2.24) is 10.2 Å². The molecule has 2 amide bonds. The summed E-state index contributed by atoms with van der Waals surface area (Å²) in [6.45, 7) is 0.281. The number of nitrogens with one attached hydrogen (secondary N) is 1. The fourth-order valence-electron chi connectivity index (χ4n) is 3.38. The highest BCUT2D eigenvalue weighted by Crippen LogP contribution is 2.28. The third kappa shape index (κ3) is 4.89. The molecule has 3 N–H and O–H groups in total. The number of amides is 2. The van der Waals surface area contributed by atoms with E-state index < -0.39 is 33.7 Å². The quantitative estimate of drug-likeness (QED) is 0.487. The molecule has 11 heteroatoms. The van der Waals surface area contributed by atoms with Crippen LogP contribution in [0, 0.1) is 5.82 Å². The largest absolute Gasteiger partial charge is 0.366 e. The second-order valence-corrected chi connectivity index (χ2v) is 8.87. The zero-order chi connectivity index (χ0) is 22.8. The van der Waals surface area contributed by atoms with Gasteiger partial charge in [-0.25, -0.2) is 22.8 Å². The van der Waals surface area contributed by atoms with Gasteiger partial charge in [0.05, 0.1) is 17.0 Å². The Labute approximate surface area is 184 Å². The van der Waals surface area contributed by atoms with Gasteiger partial charge in [0.1, 0.15) is 11.9 Å². The summed E-state index contributed by atoms with van der Waals surface area (Å²) in [5, 5.41) is 8.19. The van der Waals surface area contributed by atoms with Crippen molar-refractivity contribution in [3.8, 4) is 0 Å².